The van der Waals surface area contributed by atoms with Crippen LogP contribution in [0.2, 0.25) is 5.02 Å². The Balaban J connectivity index is 2.14. The molecule has 0 aromatic heterocycles. The Labute approximate surface area is 159 Å². The van der Waals surface area contributed by atoms with Crippen LogP contribution in [-0.4, -0.2) is 41.9 Å². The average molecular weight is 383 g/mol. The summed E-state index contributed by atoms with van der Waals surface area (Å²) in [5.41, 5.74) is 2.02. The predicted molar refractivity (Wildman–Crippen MR) is 102 cm³/mol. The largest absolute Gasteiger partial charge is 0.480 e. The Morgan fingerprint density at radius 1 is 1.31 bits per heavy atom. The third-order valence-electron chi connectivity index (χ3n) is 4.30. The predicted octanol–water partition coefficient (Wildman–Crippen LogP) is 3.77. The fraction of sp³-hybridized carbons (Fsp3) is 0.579. The molecule has 0 saturated carbocycles. The molecule has 26 heavy (non-hydrogen) atoms. The number of carbonyl (C=O) groups excluding carboxylic acids is 1. The first-order valence-electron chi connectivity index (χ1n) is 8.83. The van der Waals surface area contributed by atoms with Gasteiger partial charge in [0.15, 0.2) is 0 Å². The molecule has 1 aromatic rings. The van der Waals surface area contributed by atoms with Gasteiger partial charge in [-0.05, 0) is 57.7 Å². The molecular weight excluding hydrogens is 356 g/mol. The first kappa shape index (κ1) is 20.4. The average Bonchev–Trinajstić information content (AvgIpc) is 3.03. The number of rotatable bonds is 5. The van der Waals surface area contributed by atoms with Crippen LogP contribution in [0.15, 0.2) is 12.1 Å². The van der Waals surface area contributed by atoms with Crippen molar-refractivity contribution < 1.29 is 19.4 Å². The number of benzene rings is 1. The topological polar surface area (TPSA) is 78.9 Å². The van der Waals surface area contributed by atoms with E-state index in [0.29, 0.717) is 10.6 Å². The van der Waals surface area contributed by atoms with Crippen molar-refractivity contribution in [2.24, 2.45) is 0 Å². The highest BCUT2D eigenvalue weighted by Crippen LogP contribution is 2.32. The highest BCUT2D eigenvalue weighted by molar-refractivity contribution is 6.32. The molecule has 1 fully saturated rings. The Morgan fingerprint density at radius 3 is 2.46 bits per heavy atom. The number of nitrogens with zero attached hydrogens (tertiary/aromatic N) is 1. The maximum atomic E-state index is 11.9. The molecule has 2 N–H and O–H groups in total. The molecule has 6 nitrogen and oxygen atoms in total. The third-order valence-corrected chi connectivity index (χ3v) is 4.82. The molecular formula is C19H27ClN2O4. The molecule has 0 spiro atoms. The van der Waals surface area contributed by atoms with E-state index < -0.39 is 23.7 Å². The van der Waals surface area contributed by atoms with Gasteiger partial charge in [-0.3, -0.25) is 0 Å². The van der Waals surface area contributed by atoms with E-state index in [1.807, 2.05) is 19.1 Å². The Kier molecular flexibility index (Phi) is 6.39. The van der Waals surface area contributed by atoms with Crippen molar-refractivity contribution >= 4 is 29.4 Å². The molecule has 1 aliphatic rings. The van der Waals surface area contributed by atoms with Crippen molar-refractivity contribution in [3.63, 3.8) is 0 Å². The van der Waals surface area contributed by atoms with Gasteiger partial charge in [0.1, 0.15) is 11.6 Å². The number of aliphatic carboxylic acids is 1. The van der Waals surface area contributed by atoms with Crippen LogP contribution < -0.4 is 10.2 Å². The van der Waals surface area contributed by atoms with E-state index >= 15 is 0 Å². The molecule has 0 radical (unpaired) electrons. The van der Waals surface area contributed by atoms with Crippen LogP contribution in [-0.2, 0) is 16.0 Å². The quantitative estimate of drug-likeness (QED) is 0.810. The summed E-state index contributed by atoms with van der Waals surface area (Å²) in [6.07, 6.45) is 1.67. The van der Waals surface area contributed by atoms with E-state index in [4.69, 9.17) is 16.3 Å². The van der Waals surface area contributed by atoms with Gasteiger partial charge in [0, 0.05) is 30.2 Å². The number of carbonyl (C=O) groups is 2. The second-order valence-electron chi connectivity index (χ2n) is 7.62. The summed E-state index contributed by atoms with van der Waals surface area (Å²) in [7, 11) is 0. The van der Waals surface area contributed by atoms with Crippen molar-refractivity contribution in [2.45, 2.75) is 58.6 Å². The molecule has 0 aliphatic carbocycles. The zero-order valence-corrected chi connectivity index (χ0v) is 16.5. The normalized spacial score (nSPS) is 15.7. The molecule has 1 saturated heterocycles. The molecule has 1 aromatic carbocycles. The monoisotopic (exact) mass is 382 g/mol. The number of carboxylic acid groups (broad SMARTS) is 1. The fourth-order valence-corrected chi connectivity index (χ4v) is 3.30. The van der Waals surface area contributed by atoms with Gasteiger partial charge in [0.25, 0.3) is 0 Å². The molecule has 1 atom stereocenters. The summed E-state index contributed by atoms with van der Waals surface area (Å²) in [5, 5.41) is 12.4. The van der Waals surface area contributed by atoms with Crippen LogP contribution in [0, 0.1) is 6.92 Å². The number of nitrogens with one attached hydrogen (secondary N) is 1. The summed E-state index contributed by atoms with van der Waals surface area (Å²) in [5.74, 6) is -1.13. The third kappa shape index (κ3) is 5.27. The van der Waals surface area contributed by atoms with Crippen LogP contribution in [0.4, 0.5) is 10.5 Å². The number of ether oxygens (including phenoxy) is 1. The Morgan fingerprint density at radius 2 is 1.92 bits per heavy atom. The van der Waals surface area contributed by atoms with Crippen LogP contribution in [0.1, 0.15) is 44.7 Å². The number of alkyl carbamates (subject to hydrolysis) is 1. The number of halogens is 1. The second kappa shape index (κ2) is 8.16. The molecule has 144 valence electrons. The lowest BCUT2D eigenvalue weighted by Gasteiger charge is -2.24. The number of hydrogen-bond acceptors (Lipinski definition) is 4. The lowest BCUT2D eigenvalue weighted by atomic mass is 10.0. The maximum absolute atomic E-state index is 11.9. The van der Waals surface area contributed by atoms with Gasteiger partial charge < -0.3 is 20.1 Å². The highest BCUT2D eigenvalue weighted by atomic mass is 35.5. The molecule has 2 rings (SSSR count). The summed E-state index contributed by atoms with van der Waals surface area (Å²) in [4.78, 5) is 25.8. The first-order chi connectivity index (χ1) is 12.1. The number of amides is 1. The lowest BCUT2D eigenvalue weighted by molar-refractivity contribution is -0.139. The van der Waals surface area contributed by atoms with Crippen molar-refractivity contribution in [2.75, 3.05) is 18.0 Å². The fourth-order valence-electron chi connectivity index (χ4n) is 3.06. The smallest absolute Gasteiger partial charge is 0.408 e. The van der Waals surface area contributed by atoms with Gasteiger partial charge >= 0.3 is 12.1 Å². The standard InChI is InChI=1S/C19H27ClN2O4/c1-12-15(22-9-5-6-10-22)8-7-13(16(12)20)11-14(17(23)24)21-18(25)26-19(2,3)4/h7-8,14H,5-6,9-11H2,1-4H3,(H,21,25)(H,23,24). The van der Waals surface area contributed by atoms with E-state index in [0.717, 1.165) is 24.3 Å². The minimum Gasteiger partial charge on any atom is -0.480 e. The molecule has 1 amide bonds. The zero-order chi connectivity index (χ0) is 19.5. The van der Waals surface area contributed by atoms with Crippen molar-refractivity contribution in [3.05, 3.63) is 28.3 Å². The molecule has 1 unspecified atom stereocenters. The van der Waals surface area contributed by atoms with Gasteiger partial charge in [0.05, 0.1) is 0 Å². The van der Waals surface area contributed by atoms with Gasteiger partial charge in [-0.15, -0.1) is 0 Å². The van der Waals surface area contributed by atoms with E-state index in [9.17, 15) is 14.7 Å². The summed E-state index contributed by atoms with van der Waals surface area (Å²) in [6.45, 7) is 9.12. The molecule has 1 heterocycles. The number of hydrogen-bond donors (Lipinski definition) is 2. The first-order valence-corrected chi connectivity index (χ1v) is 9.21. The van der Waals surface area contributed by atoms with Crippen molar-refractivity contribution in [1.29, 1.82) is 0 Å². The van der Waals surface area contributed by atoms with Crippen molar-refractivity contribution in [1.82, 2.24) is 5.32 Å². The minimum absolute atomic E-state index is 0.0918. The van der Waals surface area contributed by atoms with E-state index in [1.54, 1.807) is 20.8 Å². The van der Waals surface area contributed by atoms with Gasteiger partial charge in [-0.2, -0.15) is 0 Å². The van der Waals surface area contributed by atoms with E-state index in [1.165, 1.54) is 12.8 Å². The van der Waals surface area contributed by atoms with Crippen LogP contribution in [0.3, 0.4) is 0 Å². The van der Waals surface area contributed by atoms with Crippen LogP contribution in [0.25, 0.3) is 0 Å². The van der Waals surface area contributed by atoms with Crippen LogP contribution >= 0.6 is 11.6 Å². The van der Waals surface area contributed by atoms with Gasteiger partial charge in [-0.1, -0.05) is 17.7 Å². The number of anilines is 1. The van der Waals surface area contributed by atoms with Crippen LogP contribution in [0.5, 0.6) is 0 Å². The van der Waals surface area contributed by atoms with Gasteiger partial charge in [-0.25, -0.2) is 9.59 Å². The summed E-state index contributed by atoms with van der Waals surface area (Å²) >= 11 is 6.51. The number of carboxylic acids is 1. The summed E-state index contributed by atoms with van der Waals surface area (Å²) in [6, 6.07) is 2.71. The molecule has 0 bridgehead atoms. The van der Waals surface area contributed by atoms with E-state index in [-0.39, 0.29) is 6.42 Å². The zero-order valence-electron chi connectivity index (χ0n) is 15.8. The Hall–Kier alpha value is -1.95. The minimum atomic E-state index is -1.13. The SMILES string of the molecule is Cc1c(N2CCCC2)ccc(CC(NC(=O)OC(C)(C)C)C(=O)O)c1Cl. The van der Waals surface area contributed by atoms with E-state index in [2.05, 4.69) is 10.2 Å². The second-order valence-corrected chi connectivity index (χ2v) is 8.00. The van der Waals surface area contributed by atoms with Gasteiger partial charge in [0.2, 0.25) is 0 Å². The molecule has 1 aliphatic heterocycles. The van der Waals surface area contributed by atoms with Crippen molar-refractivity contribution in [3.8, 4) is 0 Å². The highest BCUT2D eigenvalue weighted by Gasteiger charge is 2.26. The molecule has 7 heteroatoms. The maximum Gasteiger partial charge on any atom is 0.408 e. The summed E-state index contributed by atoms with van der Waals surface area (Å²) < 4.78 is 5.14. The lowest BCUT2D eigenvalue weighted by Crippen LogP contribution is -2.44. The Bertz CT molecular complexity index is 679.